The normalized spacial score (nSPS) is 17.4. The molecule has 0 radical (unpaired) electrons. The van der Waals surface area contributed by atoms with E-state index in [1.54, 1.807) is 4.90 Å². The molecule has 1 aliphatic rings. The molecule has 1 saturated heterocycles. The van der Waals surface area contributed by atoms with Crippen molar-refractivity contribution in [2.75, 3.05) is 37.3 Å². The van der Waals surface area contributed by atoms with E-state index >= 15 is 0 Å². The average molecular weight is 286 g/mol. The fourth-order valence-corrected chi connectivity index (χ4v) is 2.77. The highest BCUT2D eigenvalue weighted by Crippen LogP contribution is 2.17. The van der Waals surface area contributed by atoms with Gasteiger partial charge in [-0.05, 0) is 0 Å². The zero-order valence-corrected chi connectivity index (χ0v) is 11.2. The first-order chi connectivity index (χ1) is 8.89. The molecule has 1 fully saturated rings. The van der Waals surface area contributed by atoms with Crippen LogP contribution in [-0.4, -0.2) is 66.2 Å². The van der Waals surface area contributed by atoms with Crippen LogP contribution in [0, 0.1) is 0 Å². The van der Waals surface area contributed by atoms with Crippen LogP contribution in [0.3, 0.4) is 0 Å². The third-order valence-corrected chi connectivity index (χ3v) is 4.19. The summed E-state index contributed by atoms with van der Waals surface area (Å²) in [6.07, 6.45) is 3.90. The van der Waals surface area contributed by atoms with Crippen molar-refractivity contribution in [3.63, 3.8) is 0 Å². The molecular weight excluding hydrogens is 272 g/mol. The highest BCUT2D eigenvalue weighted by molar-refractivity contribution is 7.88. The van der Waals surface area contributed by atoms with Crippen molar-refractivity contribution < 1.29 is 18.3 Å². The second-order valence-electron chi connectivity index (χ2n) is 4.18. The summed E-state index contributed by atoms with van der Waals surface area (Å²) in [6, 6.07) is 0. The molecule has 9 heteroatoms. The molecule has 0 atom stereocenters. The molecule has 1 N–H and O–H groups in total. The van der Waals surface area contributed by atoms with Crippen LogP contribution in [0.15, 0.2) is 12.4 Å². The average Bonchev–Trinajstić information content (AvgIpc) is 2.38. The lowest BCUT2D eigenvalue weighted by molar-refractivity contribution is 0.0690. The molecule has 1 aromatic heterocycles. The lowest BCUT2D eigenvalue weighted by Gasteiger charge is -2.34. The lowest BCUT2D eigenvalue weighted by atomic mass is 10.3. The van der Waals surface area contributed by atoms with Crippen molar-refractivity contribution in [2.45, 2.75) is 0 Å². The second-order valence-corrected chi connectivity index (χ2v) is 6.17. The summed E-state index contributed by atoms with van der Waals surface area (Å²) in [6.45, 7) is 1.42. The van der Waals surface area contributed by atoms with E-state index in [1.165, 1.54) is 16.7 Å². The van der Waals surface area contributed by atoms with Crippen LogP contribution in [0.5, 0.6) is 0 Å². The first-order valence-electron chi connectivity index (χ1n) is 5.64. The molecular formula is C10H14N4O4S. The van der Waals surface area contributed by atoms with Crippen LogP contribution in [-0.2, 0) is 10.0 Å². The number of hydrogen-bond acceptors (Lipinski definition) is 6. The SMILES string of the molecule is CS(=O)(=O)N1CCN(c2nccnc2C(=O)O)CC1. The fraction of sp³-hybridized carbons (Fsp3) is 0.500. The smallest absolute Gasteiger partial charge is 0.358 e. The summed E-state index contributed by atoms with van der Waals surface area (Å²) in [5, 5.41) is 9.04. The van der Waals surface area contributed by atoms with Gasteiger partial charge in [0.25, 0.3) is 0 Å². The number of rotatable bonds is 3. The van der Waals surface area contributed by atoms with E-state index in [1.807, 2.05) is 0 Å². The minimum absolute atomic E-state index is 0.115. The molecule has 0 unspecified atom stereocenters. The van der Waals surface area contributed by atoms with Gasteiger partial charge in [-0.25, -0.2) is 23.2 Å². The Morgan fingerprint density at radius 1 is 1.21 bits per heavy atom. The van der Waals surface area contributed by atoms with Gasteiger partial charge in [0.1, 0.15) is 0 Å². The van der Waals surface area contributed by atoms with Gasteiger partial charge in [-0.2, -0.15) is 4.31 Å². The summed E-state index contributed by atoms with van der Waals surface area (Å²) >= 11 is 0. The summed E-state index contributed by atoms with van der Waals surface area (Å²) in [7, 11) is -3.20. The van der Waals surface area contributed by atoms with E-state index < -0.39 is 16.0 Å². The predicted octanol–water partition coefficient (Wildman–Crippen LogP) is -0.744. The highest BCUT2D eigenvalue weighted by atomic mass is 32.2. The fourth-order valence-electron chi connectivity index (χ4n) is 1.94. The largest absolute Gasteiger partial charge is 0.476 e. The molecule has 1 aromatic rings. The standard InChI is InChI=1S/C10H14N4O4S/c1-19(17,18)14-6-4-13(5-7-14)9-8(10(15)16)11-2-3-12-9/h2-3H,4-7H2,1H3,(H,15,16). The first-order valence-corrected chi connectivity index (χ1v) is 7.49. The molecule has 0 aliphatic carbocycles. The van der Waals surface area contributed by atoms with Gasteiger partial charge in [-0.1, -0.05) is 0 Å². The van der Waals surface area contributed by atoms with E-state index in [-0.39, 0.29) is 11.5 Å². The van der Waals surface area contributed by atoms with E-state index in [2.05, 4.69) is 9.97 Å². The maximum Gasteiger partial charge on any atom is 0.358 e. The van der Waals surface area contributed by atoms with Gasteiger partial charge in [0.2, 0.25) is 10.0 Å². The van der Waals surface area contributed by atoms with Crippen molar-refractivity contribution in [1.29, 1.82) is 0 Å². The van der Waals surface area contributed by atoms with Crippen LogP contribution in [0.4, 0.5) is 5.82 Å². The Labute approximate surface area is 110 Å². The van der Waals surface area contributed by atoms with Crippen LogP contribution < -0.4 is 4.90 Å². The topological polar surface area (TPSA) is 104 Å². The maximum absolute atomic E-state index is 11.4. The van der Waals surface area contributed by atoms with Crippen molar-refractivity contribution in [3.05, 3.63) is 18.1 Å². The molecule has 1 aliphatic heterocycles. The highest BCUT2D eigenvalue weighted by Gasteiger charge is 2.26. The molecule has 0 amide bonds. The van der Waals surface area contributed by atoms with E-state index in [0.717, 1.165) is 6.26 Å². The third kappa shape index (κ3) is 2.99. The summed E-state index contributed by atoms with van der Waals surface area (Å²) in [4.78, 5) is 20.6. The van der Waals surface area contributed by atoms with Crippen molar-refractivity contribution in [1.82, 2.24) is 14.3 Å². The van der Waals surface area contributed by atoms with Gasteiger partial charge in [0.05, 0.1) is 6.26 Å². The molecule has 2 rings (SSSR count). The molecule has 0 spiro atoms. The second kappa shape index (κ2) is 5.10. The van der Waals surface area contributed by atoms with Crippen LogP contribution in [0.25, 0.3) is 0 Å². The molecule has 2 heterocycles. The summed E-state index contributed by atoms with van der Waals surface area (Å²) in [5.74, 6) is -0.864. The minimum atomic E-state index is -3.20. The number of carboxylic acids is 1. The van der Waals surface area contributed by atoms with Gasteiger partial charge in [-0.3, -0.25) is 0 Å². The Bertz CT molecular complexity index is 581. The Morgan fingerprint density at radius 3 is 2.32 bits per heavy atom. The first kappa shape index (κ1) is 13.7. The number of aromatic nitrogens is 2. The molecule has 0 aromatic carbocycles. The lowest BCUT2D eigenvalue weighted by Crippen LogP contribution is -2.49. The Balaban J connectivity index is 2.16. The molecule has 104 valence electrons. The number of anilines is 1. The molecule has 0 bridgehead atoms. The molecule has 0 saturated carbocycles. The van der Waals surface area contributed by atoms with Crippen LogP contribution in [0.2, 0.25) is 0 Å². The number of hydrogen-bond donors (Lipinski definition) is 1. The zero-order valence-electron chi connectivity index (χ0n) is 10.4. The van der Waals surface area contributed by atoms with Gasteiger partial charge in [0, 0.05) is 38.6 Å². The summed E-state index contributed by atoms with van der Waals surface area (Å²) in [5.41, 5.74) is -0.115. The molecule has 8 nitrogen and oxygen atoms in total. The third-order valence-electron chi connectivity index (χ3n) is 2.89. The van der Waals surface area contributed by atoms with E-state index in [4.69, 9.17) is 5.11 Å². The Morgan fingerprint density at radius 2 is 1.79 bits per heavy atom. The number of aromatic carboxylic acids is 1. The predicted molar refractivity (Wildman–Crippen MR) is 67.6 cm³/mol. The Hall–Kier alpha value is -1.74. The number of carbonyl (C=O) groups is 1. The number of piperazine rings is 1. The van der Waals surface area contributed by atoms with Crippen molar-refractivity contribution in [2.24, 2.45) is 0 Å². The van der Waals surface area contributed by atoms with Gasteiger partial charge in [-0.15, -0.1) is 0 Å². The van der Waals surface area contributed by atoms with E-state index in [9.17, 15) is 13.2 Å². The minimum Gasteiger partial charge on any atom is -0.476 e. The quantitative estimate of drug-likeness (QED) is 0.780. The van der Waals surface area contributed by atoms with Crippen molar-refractivity contribution >= 4 is 21.8 Å². The number of sulfonamides is 1. The van der Waals surface area contributed by atoms with Crippen LogP contribution >= 0.6 is 0 Å². The molecule has 19 heavy (non-hydrogen) atoms. The monoisotopic (exact) mass is 286 g/mol. The van der Waals surface area contributed by atoms with Crippen molar-refractivity contribution in [3.8, 4) is 0 Å². The maximum atomic E-state index is 11.4. The van der Waals surface area contributed by atoms with Gasteiger partial charge < -0.3 is 10.0 Å². The van der Waals surface area contributed by atoms with Gasteiger partial charge in [0.15, 0.2) is 11.5 Å². The van der Waals surface area contributed by atoms with Gasteiger partial charge >= 0.3 is 5.97 Å². The number of nitrogens with zero attached hydrogens (tertiary/aromatic N) is 4. The number of carboxylic acid groups (broad SMARTS) is 1. The summed E-state index contributed by atoms with van der Waals surface area (Å²) < 4.78 is 24.1. The Kier molecular flexibility index (Phi) is 3.67. The van der Waals surface area contributed by atoms with E-state index in [0.29, 0.717) is 26.2 Å². The zero-order chi connectivity index (χ0) is 14.0. The van der Waals surface area contributed by atoms with Crippen LogP contribution in [0.1, 0.15) is 10.5 Å².